The summed E-state index contributed by atoms with van der Waals surface area (Å²) in [6, 6.07) is 10.1. The fourth-order valence-corrected chi connectivity index (χ4v) is 4.01. The van der Waals surface area contributed by atoms with Gasteiger partial charge in [-0.2, -0.15) is 11.8 Å². The minimum absolute atomic E-state index is 0.599. The summed E-state index contributed by atoms with van der Waals surface area (Å²) in [7, 11) is 1.84. The molecule has 1 aromatic carbocycles. The van der Waals surface area contributed by atoms with Crippen LogP contribution in [0.4, 0.5) is 0 Å². The van der Waals surface area contributed by atoms with Crippen molar-refractivity contribution in [2.45, 2.75) is 25.1 Å². The standard InChI is InChI=1S/C17H24N6S/c1-3-15-12-22(9-10-24-15)17(18-2)19-11-16-21-20-13-23(16)14-7-5-4-6-8-14/h4-8,13,15H,3,9-12H2,1-2H3,(H,18,19). The molecular formula is C17H24N6S. The lowest BCUT2D eigenvalue weighted by molar-refractivity contribution is 0.407. The molecule has 0 aliphatic carbocycles. The molecule has 24 heavy (non-hydrogen) atoms. The minimum Gasteiger partial charge on any atom is -0.349 e. The number of nitrogens with one attached hydrogen (secondary N) is 1. The Bertz CT molecular complexity index is 669. The van der Waals surface area contributed by atoms with E-state index in [-0.39, 0.29) is 0 Å². The monoisotopic (exact) mass is 344 g/mol. The van der Waals surface area contributed by atoms with Crippen molar-refractivity contribution in [2.75, 3.05) is 25.9 Å². The highest BCUT2D eigenvalue weighted by Crippen LogP contribution is 2.21. The molecule has 6 nitrogen and oxygen atoms in total. The van der Waals surface area contributed by atoms with Crippen molar-refractivity contribution in [3.05, 3.63) is 42.5 Å². The Morgan fingerprint density at radius 2 is 2.21 bits per heavy atom. The summed E-state index contributed by atoms with van der Waals surface area (Å²) in [5.41, 5.74) is 1.06. The lowest BCUT2D eigenvalue weighted by Crippen LogP contribution is -2.47. The molecular weight excluding hydrogens is 320 g/mol. The van der Waals surface area contributed by atoms with E-state index < -0.39 is 0 Å². The average Bonchev–Trinajstić information content (AvgIpc) is 3.12. The number of para-hydroxylation sites is 1. The van der Waals surface area contributed by atoms with Crippen LogP contribution in [0.1, 0.15) is 19.2 Å². The molecule has 0 spiro atoms. The summed E-state index contributed by atoms with van der Waals surface area (Å²) < 4.78 is 2.00. The number of thioether (sulfide) groups is 1. The van der Waals surface area contributed by atoms with Gasteiger partial charge in [-0.3, -0.25) is 9.56 Å². The number of hydrogen-bond donors (Lipinski definition) is 1. The lowest BCUT2D eigenvalue weighted by Gasteiger charge is -2.34. The molecule has 0 saturated carbocycles. The second-order valence-corrected chi connectivity index (χ2v) is 7.11. The summed E-state index contributed by atoms with van der Waals surface area (Å²) in [5, 5.41) is 12.4. The SMILES string of the molecule is CCC1CN(C(=NC)NCc2nncn2-c2ccccc2)CCS1. The Hall–Kier alpha value is -2.02. The van der Waals surface area contributed by atoms with E-state index in [1.807, 2.05) is 29.8 Å². The van der Waals surface area contributed by atoms with Crippen molar-refractivity contribution in [1.29, 1.82) is 0 Å². The average molecular weight is 344 g/mol. The Kier molecular flexibility index (Phi) is 5.74. The molecule has 1 aliphatic rings. The van der Waals surface area contributed by atoms with Gasteiger partial charge in [0.15, 0.2) is 11.8 Å². The van der Waals surface area contributed by atoms with Crippen LogP contribution in [0.5, 0.6) is 0 Å². The first-order valence-corrected chi connectivity index (χ1v) is 9.38. The predicted molar refractivity (Wildman–Crippen MR) is 99.7 cm³/mol. The minimum atomic E-state index is 0.599. The zero-order chi connectivity index (χ0) is 16.8. The van der Waals surface area contributed by atoms with Crippen LogP contribution in [-0.4, -0.2) is 56.8 Å². The van der Waals surface area contributed by atoms with Gasteiger partial charge in [0.2, 0.25) is 0 Å². The molecule has 1 atom stereocenters. The van der Waals surface area contributed by atoms with Crippen molar-refractivity contribution in [3.63, 3.8) is 0 Å². The molecule has 7 heteroatoms. The quantitative estimate of drug-likeness (QED) is 0.680. The fourth-order valence-electron chi connectivity index (χ4n) is 2.83. The second kappa shape index (κ2) is 8.19. The molecule has 3 rings (SSSR count). The van der Waals surface area contributed by atoms with Crippen molar-refractivity contribution in [1.82, 2.24) is 25.0 Å². The maximum absolute atomic E-state index is 4.45. The molecule has 0 amide bonds. The highest BCUT2D eigenvalue weighted by atomic mass is 32.2. The number of aromatic nitrogens is 3. The van der Waals surface area contributed by atoms with Gasteiger partial charge in [0, 0.05) is 36.8 Å². The third kappa shape index (κ3) is 3.90. The third-order valence-electron chi connectivity index (χ3n) is 4.16. The normalized spacial score (nSPS) is 18.7. The van der Waals surface area contributed by atoms with Gasteiger partial charge < -0.3 is 10.2 Å². The van der Waals surface area contributed by atoms with Crippen LogP contribution in [0.3, 0.4) is 0 Å². The molecule has 128 valence electrons. The maximum atomic E-state index is 4.45. The smallest absolute Gasteiger partial charge is 0.194 e. The number of rotatable bonds is 4. The van der Waals surface area contributed by atoms with E-state index >= 15 is 0 Å². The van der Waals surface area contributed by atoms with Crippen LogP contribution >= 0.6 is 11.8 Å². The van der Waals surface area contributed by atoms with E-state index in [9.17, 15) is 0 Å². The van der Waals surface area contributed by atoms with Gasteiger partial charge >= 0.3 is 0 Å². The van der Waals surface area contributed by atoms with Crippen LogP contribution in [0, 0.1) is 0 Å². The van der Waals surface area contributed by atoms with E-state index in [0.717, 1.165) is 36.3 Å². The molecule has 0 radical (unpaired) electrons. The van der Waals surface area contributed by atoms with Crippen LogP contribution in [0.15, 0.2) is 41.7 Å². The third-order valence-corrected chi connectivity index (χ3v) is 5.53. The van der Waals surface area contributed by atoms with Crippen LogP contribution in [0.2, 0.25) is 0 Å². The summed E-state index contributed by atoms with van der Waals surface area (Å²) in [6.07, 6.45) is 2.94. The zero-order valence-corrected chi connectivity index (χ0v) is 15.0. The summed E-state index contributed by atoms with van der Waals surface area (Å²) in [4.78, 5) is 6.79. The highest BCUT2D eigenvalue weighted by molar-refractivity contribution is 8.00. The van der Waals surface area contributed by atoms with Gasteiger partial charge in [-0.05, 0) is 18.6 Å². The van der Waals surface area contributed by atoms with Crippen molar-refractivity contribution in [3.8, 4) is 5.69 Å². The lowest BCUT2D eigenvalue weighted by atomic mass is 10.3. The number of aliphatic imine (C=N–C) groups is 1. The van der Waals surface area contributed by atoms with Gasteiger partial charge in [0.05, 0.1) is 6.54 Å². The predicted octanol–water partition coefficient (Wildman–Crippen LogP) is 2.17. The summed E-state index contributed by atoms with van der Waals surface area (Å²) >= 11 is 2.06. The van der Waals surface area contributed by atoms with Crippen LogP contribution in [0.25, 0.3) is 5.69 Å². The van der Waals surface area contributed by atoms with E-state index in [2.05, 4.69) is 56.2 Å². The molecule has 1 N–H and O–H groups in total. The van der Waals surface area contributed by atoms with Crippen LogP contribution < -0.4 is 5.32 Å². The van der Waals surface area contributed by atoms with Gasteiger partial charge in [-0.15, -0.1) is 10.2 Å². The molecule has 2 heterocycles. The van der Waals surface area contributed by atoms with Crippen LogP contribution in [-0.2, 0) is 6.54 Å². The number of guanidine groups is 1. The largest absolute Gasteiger partial charge is 0.349 e. The Morgan fingerprint density at radius 1 is 1.38 bits per heavy atom. The van der Waals surface area contributed by atoms with Crippen molar-refractivity contribution < 1.29 is 0 Å². The number of benzene rings is 1. The molecule has 2 aromatic rings. The van der Waals surface area contributed by atoms with Gasteiger partial charge in [0.25, 0.3) is 0 Å². The first-order valence-electron chi connectivity index (χ1n) is 8.33. The van der Waals surface area contributed by atoms with E-state index in [0.29, 0.717) is 11.8 Å². The van der Waals surface area contributed by atoms with E-state index in [1.54, 1.807) is 6.33 Å². The molecule has 1 fully saturated rings. The first kappa shape index (κ1) is 16.8. The fraction of sp³-hybridized carbons (Fsp3) is 0.471. The van der Waals surface area contributed by atoms with Gasteiger partial charge in [-0.25, -0.2) is 0 Å². The molecule has 1 unspecified atom stereocenters. The summed E-state index contributed by atoms with van der Waals surface area (Å²) in [5.74, 6) is 2.97. The Balaban J connectivity index is 1.66. The van der Waals surface area contributed by atoms with Crippen molar-refractivity contribution >= 4 is 17.7 Å². The van der Waals surface area contributed by atoms with E-state index in [1.165, 1.54) is 6.42 Å². The molecule has 1 saturated heterocycles. The number of hydrogen-bond acceptors (Lipinski definition) is 4. The summed E-state index contributed by atoms with van der Waals surface area (Å²) in [6.45, 7) is 4.93. The Labute approximate surface area is 147 Å². The van der Waals surface area contributed by atoms with Crippen molar-refractivity contribution in [2.24, 2.45) is 4.99 Å². The number of nitrogens with zero attached hydrogens (tertiary/aromatic N) is 5. The Morgan fingerprint density at radius 3 is 2.96 bits per heavy atom. The second-order valence-electron chi connectivity index (χ2n) is 5.70. The molecule has 1 aromatic heterocycles. The maximum Gasteiger partial charge on any atom is 0.194 e. The highest BCUT2D eigenvalue weighted by Gasteiger charge is 2.21. The topological polar surface area (TPSA) is 58.3 Å². The first-order chi connectivity index (χ1) is 11.8. The van der Waals surface area contributed by atoms with E-state index in [4.69, 9.17) is 0 Å². The van der Waals surface area contributed by atoms with Gasteiger partial charge in [0.1, 0.15) is 6.33 Å². The van der Waals surface area contributed by atoms with Gasteiger partial charge in [-0.1, -0.05) is 25.1 Å². The molecule has 1 aliphatic heterocycles. The molecule has 0 bridgehead atoms. The zero-order valence-electron chi connectivity index (χ0n) is 14.2.